The average Bonchev–Trinajstić information content (AvgIpc) is 2.27. The first-order valence-corrected chi connectivity index (χ1v) is 8.56. The summed E-state index contributed by atoms with van der Waals surface area (Å²) in [5.74, 6) is 0. The van der Waals surface area contributed by atoms with Crippen LogP contribution in [0.3, 0.4) is 0 Å². The van der Waals surface area contributed by atoms with Gasteiger partial charge in [-0.3, -0.25) is 4.90 Å². The Morgan fingerprint density at radius 3 is 2.53 bits per heavy atom. The van der Waals surface area contributed by atoms with Crippen molar-refractivity contribution in [3.8, 4) is 0 Å². The normalized spacial score (nSPS) is 17.4. The van der Waals surface area contributed by atoms with Gasteiger partial charge in [0, 0.05) is 26.2 Å². The highest BCUT2D eigenvalue weighted by molar-refractivity contribution is 7.90. The summed E-state index contributed by atoms with van der Waals surface area (Å²) >= 11 is 0. The molecule has 1 rings (SSSR count). The molecule has 0 aromatic heterocycles. The zero-order valence-corrected chi connectivity index (χ0v) is 12.9. The monoisotopic (exact) mass is 289 g/mol. The number of unbranched alkanes of at least 4 members (excludes halogenated alkanes) is 1. The van der Waals surface area contributed by atoms with Crippen molar-refractivity contribution in [2.24, 2.45) is 0 Å². The fraction of sp³-hybridized carbons (Fsp3) is 0.846. The quantitative estimate of drug-likeness (QED) is 0.456. The molecule has 1 aliphatic rings. The number of nitrogens with zero attached hydrogens (tertiary/aromatic N) is 1. The minimum atomic E-state index is -3.13. The molecule has 5 nitrogen and oxygen atoms in total. The van der Waals surface area contributed by atoms with Gasteiger partial charge in [0.2, 0.25) is 10.0 Å². The van der Waals surface area contributed by atoms with Gasteiger partial charge in [0.15, 0.2) is 0 Å². The van der Waals surface area contributed by atoms with E-state index in [-0.39, 0.29) is 5.25 Å². The summed E-state index contributed by atoms with van der Waals surface area (Å²) in [5, 5.41) is 2.97. The maximum Gasteiger partial charge on any atom is 0.217 e. The molecule has 0 atom stereocenters. The van der Waals surface area contributed by atoms with Gasteiger partial charge in [-0.05, 0) is 32.9 Å². The van der Waals surface area contributed by atoms with E-state index in [0.717, 1.165) is 38.0 Å². The van der Waals surface area contributed by atoms with Crippen molar-refractivity contribution in [1.29, 1.82) is 0 Å². The number of sulfonamides is 1. The molecule has 0 aromatic rings. The predicted octanol–water partition coefficient (Wildman–Crippen LogP) is 0.556. The van der Waals surface area contributed by atoms with Gasteiger partial charge in [-0.2, -0.15) is 0 Å². The van der Waals surface area contributed by atoms with E-state index in [1.54, 1.807) is 0 Å². The van der Waals surface area contributed by atoms with Gasteiger partial charge in [0.25, 0.3) is 0 Å². The van der Waals surface area contributed by atoms with Crippen molar-refractivity contribution in [2.45, 2.75) is 31.9 Å². The molecule has 0 aromatic carbocycles. The fourth-order valence-electron chi connectivity index (χ4n) is 2.11. The van der Waals surface area contributed by atoms with Crippen molar-refractivity contribution < 1.29 is 8.42 Å². The van der Waals surface area contributed by atoms with Gasteiger partial charge in [-0.25, -0.2) is 13.1 Å². The van der Waals surface area contributed by atoms with Crippen LogP contribution in [0, 0.1) is 0 Å². The molecule has 1 aliphatic heterocycles. The third-order valence-electron chi connectivity index (χ3n) is 3.19. The van der Waals surface area contributed by atoms with Gasteiger partial charge < -0.3 is 5.32 Å². The first-order valence-electron chi connectivity index (χ1n) is 7.01. The second-order valence-electron chi connectivity index (χ2n) is 5.27. The summed E-state index contributed by atoms with van der Waals surface area (Å²) in [7, 11) is -3.13. The topological polar surface area (TPSA) is 61.4 Å². The SMILES string of the molecule is C=C(C)CN1CC(S(=O)(=O)NCCCCNCC)C1. The zero-order valence-electron chi connectivity index (χ0n) is 12.1. The maximum absolute atomic E-state index is 12.0. The maximum atomic E-state index is 12.0. The van der Waals surface area contributed by atoms with E-state index in [0.29, 0.717) is 19.6 Å². The summed E-state index contributed by atoms with van der Waals surface area (Å²) in [6, 6.07) is 0. The highest BCUT2D eigenvalue weighted by Gasteiger charge is 2.36. The number of hydrogen-bond donors (Lipinski definition) is 2. The summed E-state index contributed by atoms with van der Waals surface area (Å²) in [5.41, 5.74) is 1.08. The van der Waals surface area contributed by atoms with Crippen LogP contribution >= 0.6 is 0 Å². The predicted molar refractivity (Wildman–Crippen MR) is 79.7 cm³/mol. The van der Waals surface area contributed by atoms with Crippen molar-refractivity contribution in [3.05, 3.63) is 12.2 Å². The Labute approximate surface area is 117 Å². The van der Waals surface area contributed by atoms with Crippen LogP contribution in [-0.4, -0.2) is 57.8 Å². The largest absolute Gasteiger partial charge is 0.317 e. The summed E-state index contributed by atoms with van der Waals surface area (Å²) < 4.78 is 26.6. The smallest absolute Gasteiger partial charge is 0.217 e. The van der Waals surface area contributed by atoms with Gasteiger partial charge >= 0.3 is 0 Å². The molecule has 0 spiro atoms. The Kier molecular flexibility index (Phi) is 6.99. The van der Waals surface area contributed by atoms with E-state index in [9.17, 15) is 8.42 Å². The minimum absolute atomic E-state index is 0.249. The third kappa shape index (κ3) is 6.03. The average molecular weight is 289 g/mol. The van der Waals surface area contributed by atoms with E-state index in [1.807, 2.05) is 6.92 Å². The number of hydrogen-bond acceptors (Lipinski definition) is 4. The standard InChI is InChI=1S/C13H27N3O2S/c1-4-14-7-5-6-8-15-19(17,18)13-10-16(11-13)9-12(2)3/h13-15H,2,4-11H2,1,3H3. The van der Waals surface area contributed by atoms with Crippen molar-refractivity contribution in [3.63, 3.8) is 0 Å². The molecule has 1 heterocycles. The van der Waals surface area contributed by atoms with E-state index in [4.69, 9.17) is 0 Å². The van der Waals surface area contributed by atoms with Crippen molar-refractivity contribution in [1.82, 2.24) is 14.9 Å². The lowest BCUT2D eigenvalue weighted by atomic mass is 10.2. The summed E-state index contributed by atoms with van der Waals surface area (Å²) in [4.78, 5) is 2.11. The molecule has 0 bridgehead atoms. The molecular weight excluding hydrogens is 262 g/mol. The molecule has 1 saturated heterocycles. The molecule has 0 aliphatic carbocycles. The second kappa shape index (κ2) is 7.99. The van der Waals surface area contributed by atoms with Crippen LogP contribution < -0.4 is 10.0 Å². The summed E-state index contributed by atoms with van der Waals surface area (Å²) in [6.45, 7) is 12.4. The van der Waals surface area contributed by atoms with Crippen LogP contribution in [0.4, 0.5) is 0 Å². The van der Waals surface area contributed by atoms with E-state index in [1.165, 1.54) is 0 Å². The Morgan fingerprint density at radius 1 is 1.32 bits per heavy atom. The van der Waals surface area contributed by atoms with E-state index >= 15 is 0 Å². The number of rotatable bonds is 10. The molecule has 0 saturated carbocycles. The molecule has 0 amide bonds. The molecule has 19 heavy (non-hydrogen) atoms. The second-order valence-corrected chi connectivity index (χ2v) is 7.32. The van der Waals surface area contributed by atoms with Crippen molar-refractivity contribution in [2.75, 3.05) is 39.3 Å². The Balaban J connectivity index is 2.14. The lowest BCUT2D eigenvalue weighted by Gasteiger charge is -2.38. The first kappa shape index (κ1) is 16.6. The molecule has 112 valence electrons. The van der Waals surface area contributed by atoms with E-state index in [2.05, 4.69) is 28.4 Å². The van der Waals surface area contributed by atoms with E-state index < -0.39 is 10.0 Å². The third-order valence-corrected chi connectivity index (χ3v) is 4.97. The summed E-state index contributed by atoms with van der Waals surface area (Å²) in [6.07, 6.45) is 1.89. The highest BCUT2D eigenvalue weighted by atomic mass is 32.2. The molecule has 2 N–H and O–H groups in total. The fourth-order valence-corrected chi connectivity index (χ4v) is 3.59. The first-order chi connectivity index (χ1) is 8.95. The lowest BCUT2D eigenvalue weighted by Crippen LogP contribution is -2.57. The Morgan fingerprint density at radius 2 is 1.95 bits per heavy atom. The van der Waals surface area contributed by atoms with Crippen LogP contribution in [0.15, 0.2) is 12.2 Å². The van der Waals surface area contributed by atoms with Gasteiger partial charge in [0.05, 0.1) is 0 Å². The van der Waals surface area contributed by atoms with Gasteiger partial charge in [-0.15, -0.1) is 0 Å². The number of nitrogens with one attached hydrogen (secondary N) is 2. The van der Waals surface area contributed by atoms with Crippen LogP contribution in [0.1, 0.15) is 26.7 Å². The zero-order chi connectivity index (χ0) is 14.3. The van der Waals surface area contributed by atoms with Crippen LogP contribution in [0.2, 0.25) is 0 Å². The molecule has 0 unspecified atom stereocenters. The highest BCUT2D eigenvalue weighted by Crippen LogP contribution is 2.16. The molecule has 6 heteroatoms. The van der Waals surface area contributed by atoms with Gasteiger partial charge in [-0.1, -0.05) is 19.1 Å². The number of likely N-dealkylation sites (tertiary alicyclic amines) is 1. The Bertz CT molecular complexity index is 375. The Hall–Kier alpha value is -0.430. The molecule has 1 fully saturated rings. The molecule has 0 radical (unpaired) electrons. The van der Waals surface area contributed by atoms with Crippen LogP contribution in [0.25, 0.3) is 0 Å². The van der Waals surface area contributed by atoms with Gasteiger partial charge in [0.1, 0.15) is 5.25 Å². The van der Waals surface area contributed by atoms with Crippen LogP contribution in [0.5, 0.6) is 0 Å². The van der Waals surface area contributed by atoms with Crippen molar-refractivity contribution >= 4 is 10.0 Å². The molecular formula is C13H27N3O2S. The minimum Gasteiger partial charge on any atom is -0.317 e. The lowest BCUT2D eigenvalue weighted by molar-refractivity contribution is 0.201. The van der Waals surface area contributed by atoms with Crippen LogP contribution in [-0.2, 0) is 10.0 Å².